The Morgan fingerprint density at radius 2 is 1.92 bits per heavy atom. The van der Waals surface area contributed by atoms with E-state index in [0.29, 0.717) is 33.4 Å². The quantitative estimate of drug-likeness (QED) is 0.162. The van der Waals surface area contributed by atoms with E-state index in [1.165, 1.54) is 32.7 Å². The van der Waals surface area contributed by atoms with Crippen LogP contribution in [0.1, 0.15) is 51.8 Å². The molecule has 1 aliphatic heterocycles. The summed E-state index contributed by atoms with van der Waals surface area (Å²) in [6, 6.07) is 12.3. The number of aromatic amines is 1. The topological polar surface area (TPSA) is 105 Å². The van der Waals surface area contributed by atoms with Crippen molar-refractivity contribution in [2.75, 3.05) is 17.8 Å². The zero-order valence-corrected chi connectivity index (χ0v) is 21.6. The van der Waals surface area contributed by atoms with Gasteiger partial charge in [0.15, 0.2) is 11.5 Å². The average Bonchev–Trinajstić information content (AvgIpc) is 2.85. The number of aromatic nitrogens is 3. The van der Waals surface area contributed by atoms with Crippen LogP contribution in [0, 0.1) is 0 Å². The second kappa shape index (κ2) is 10.9. The van der Waals surface area contributed by atoms with E-state index in [0.717, 1.165) is 25.0 Å². The van der Waals surface area contributed by atoms with Crippen LogP contribution in [-0.4, -0.2) is 34.8 Å². The summed E-state index contributed by atoms with van der Waals surface area (Å²) in [5.41, 5.74) is 1.93. The summed E-state index contributed by atoms with van der Waals surface area (Å²) >= 11 is 1.48. The Kier molecular flexibility index (Phi) is 7.73. The number of H-pyrrole nitrogens is 1. The molecule has 9 nitrogen and oxygen atoms in total. The number of amides is 1. The van der Waals surface area contributed by atoms with Gasteiger partial charge in [-0.2, -0.15) is 0 Å². The van der Waals surface area contributed by atoms with Crippen molar-refractivity contribution in [1.29, 1.82) is 0 Å². The van der Waals surface area contributed by atoms with Gasteiger partial charge in [0.1, 0.15) is 0 Å². The van der Waals surface area contributed by atoms with Crippen LogP contribution in [0.25, 0.3) is 11.3 Å². The van der Waals surface area contributed by atoms with Crippen molar-refractivity contribution in [2.24, 2.45) is 0 Å². The molecule has 1 aliphatic rings. The zero-order chi connectivity index (χ0) is 25.8. The molecule has 4 rings (SSSR count). The minimum absolute atomic E-state index is 0.215. The first-order valence-electron chi connectivity index (χ1n) is 11.8. The van der Waals surface area contributed by atoms with Gasteiger partial charge in [-0.3, -0.25) is 19.4 Å². The predicted molar refractivity (Wildman–Crippen MR) is 136 cm³/mol. The maximum absolute atomic E-state index is 13.4. The second-order valence-corrected chi connectivity index (χ2v) is 9.48. The first-order chi connectivity index (χ1) is 17.3. The van der Waals surface area contributed by atoms with E-state index < -0.39 is 12.1 Å². The first-order valence-corrected chi connectivity index (χ1v) is 12.8. The Hall–Kier alpha value is -3.66. The third kappa shape index (κ3) is 4.99. The van der Waals surface area contributed by atoms with Crippen LogP contribution in [0.15, 0.2) is 52.4 Å². The number of carbonyl (C=O) groups is 2. The molecule has 36 heavy (non-hydrogen) atoms. The number of hydrogen-bond acceptors (Lipinski definition) is 7. The maximum Gasteiger partial charge on any atom is 0.325 e. The van der Waals surface area contributed by atoms with Gasteiger partial charge in [0, 0.05) is 30.3 Å². The fraction of sp³-hybridized carbons (Fsp3) is 0.346. The molecule has 10 heteroatoms. The van der Waals surface area contributed by atoms with Crippen LogP contribution < -0.4 is 24.6 Å². The van der Waals surface area contributed by atoms with Gasteiger partial charge in [-0.1, -0.05) is 43.7 Å². The molecule has 2 aromatic carbocycles. The molecular weight excluding hydrogens is 480 g/mol. The standard InChI is InChI=1S/C26H28N4O5S/c1-5-6-9-14-36-26-27-24(33)23-19-10-7-8-11-20(19)29(16(2)31)25(30(23)28-26)18-12-13-21(35-17(3)32)22(15-18)34-4/h7-8,10-13,15,25H,5-6,9,14H2,1-4H3/p+1. The lowest BCUT2D eigenvalue weighted by molar-refractivity contribution is -0.763. The number of esters is 1. The number of anilines is 1. The van der Waals surface area contributed by atoms with Crippen molar-refractivity contribution in [3.63, 3.8) is 0 Å². The van der Waals surface area contributed by atoms with E-state index in [1.54, 1.807) is 27.8 Å². The number of nitrogens with one attached hydrogen (secondary N) is 1. The number of thioether (sulfide) groups is 1. The summed E-state index contributed by atoms with van der Waals surface area (Å²) in [5.74, 6) is 0.712. The number of rotatable bonds is 8. The van der Waals surface area contributed by atoms with Crippen molar-refractivity contribution < 1.29 is 23.7 Å². The number of para-hydroxylation sites is 1. The molecular formula is C26H29N4O5S+. The Bertz CT molecular complexity index is 1360. The third-order valence-corrected chi connectivity index (χ3v) is 6.77. The number of benzene rings is 2. The summed E-state index contributed by atoms with van der Waals surface area (Å²) in [5, 5.41) is 5.27. The smallest absolute Gasteiger partial charge is 0.325 e. The molecule has 1 atom stereocenters. The highest BCUT2D eigenvalue weighted by Crippen LogP contribution is 2.39. The molecule has 0 radical (unpaired) electrons. The lowest BCUT2D eigenvalue weighted by Crippen LogP contribution is -2.60. The third-order valence-electron chi connectivity index (χ3n) is 5.82. The van der Waals surface area contributed by atoms with Crippen LogP contribution >= 0.6 is 11.8 Å². The van der Waals surface area contributed by atoms with Gasteiger partial charge in [-0.15, -0.1) is 0 Å². The predicted octanol–water partition coefficient (Wildman–Crippen LogP) is 3.85. The molecule has 0 bridgehead atoms. The van der Waals surface area contributed by atoms with Gasteiger partial charge in [0.25, 0.3) is 6.17 Å². The molecule has 188 valence electrons. The Labute approximate surface area is 213 Å². The van der Waals surface area contributed by atoms with Crippen LogP contribution in [0.3, 0.4) is 0 Å². The van der Waals surface area contributed by atoms with E-state index in [1.807, 2.05) is 24.3 Å². The summed E-state index contributed by atoms with van der Waals surface area (Å²) in [7, 11) is 1.47. The molecule has 0 saturated heterocycles. The number of ether oxygens (including phenoxy) is 2. The van der Waals surface area contributed by atoms with E-state index in [2.05, 4.69) is 11.9 Å². The van der Waals surface area contributed by atoms with Gasteiger partial charge in [-0.25, -0.2) is 4.90 Å². The number of carbonyl (C=O) groups excluding carboxylic acids is 2. The van der Waals surface area contributed by atoms with E-state index in [4.69, 9.17) is 14.6 Å². The highest BCUT2D eigenvalue weighted by Gasteiger charge is 2.45. The molecule has 1 aromatic heterocycles. The lowest BCUT2D eigenvalue weighted by Gasteiger charge is -2.31. The van der Waals surface area contributed by atoms with E-state index >= 15 is 0 Å². The molecule has 0 spiro atoms. The number of hydrogen-bond donors (Lipinski definition) is 1. The van der Waals surface area contributed by atoms with Gasteiger partial charge in [0.2, 0.25) is 11.1 Å². The largest absolute Gasteiger partial charge is 0.493 e. The normalized spacial score (nSPS) is 14.1. The molecule has 0 aliphatic carbocycles. The summed E-state index contributed by atoms with van der Waals surface area (Å²) in [6.07, 6.45) is 2.44. The molecule has 1 unspecified atom stereocenters. The van der Waals surface area contributed by atoms with Gasteiger partial charge in [-0.05, 0) is 41.4 Å². The van der Waals surface area contributed by atoms with Crippen molar-refractivity contribution >= 4 is 29.3 Å². The SMILES string of the molecule is CCCCCSc1n[n+]2c(c(=O)[nH]1)-c1ccccc1N(C(C)=O)C2c1ccc(OC(C)=O)c(OC)c1. The summed E-state index contributed by atoms with van der Waals surface area (Å²) in [4.78, 5) is 42.5. The number of unbranched alkanes of at least 4 members (excludes halogenated alkanes) is 2. The Morgan fingerprint density at radius 1 is 1.14 bits per heavy atom. The molecule has 0 saturated carbocycles. The Morgan fingerprint density at radius 3 is 2.61 bits per heavy atom. The van der Waals surface area contributed by atoms with Crippen LogP contribution in [-0.2, 0) is 9.59 Å². The van der Waals surface area contributed by atoms with Crippen molar-refractivity contribution in [3.05, 3.63) is 58.4 Å². The van der Waals surface area contributed by atoms with Crippen LogP contribution in [0.4, 0.5) is 5.69 Å². The summed E-state index contributed by atoms with van der Waals surface area (Å²) < 4.78 is 12.3. The van der Waals surface area contributed by atoms with Crippen molar-refractivity contribution in [1.82, 2.24) is 10.1 Å². The van der Waals surface area contributed by atoms with E-state index in [9.17, 15) is 14.4 Å². The minimum Gasteiger partial charge on any atom is -0.493 e. The van der Waals surface area contributed by atoms with Crippen molar-refractivity contribution in [3.8, 4) is 22.8 Å². The number of methoxy groups -OCH3 is 1. The monoisotopic (exact) mass is 509 g/mol. The number of nitrogens with zero attached hydrogens (tertiary/aromatic N) is 3. The highest BCUT2D eigenvalue weighted by molar-refractivity contribution is 7.99. The molecule has 2 heterocycles. The second-order valence-electron chi connectivity index (χ2n) is 8.39. The van der Waals surface area contributed by atoms with E-state index in [-0.39, 0.29) is 17.2 Å². The Balaban J connectivity index is 1.91. The fourth-order valence-corrected chi connectivity index (χ4v) is 5.14. The van der Waals surface area contributed by atoms with Crippen LogP contribution in [0.2, 0.25) is 0 Å². The highest BCUT2D eigenvalue weighted by atomic mass is 32.2. The number of fused-ring (bicyclic) bond motifs is 3. The molecule has 1 amide bonds. The minimum atomic E-state index is -0.759. The molecule has 1 N–H and O–H groups in total. The molecule has 0 fully saturated rings. The molecule has 3 aromatic rings. The van der Waals surface area contributed by atoms with Gasteiger partial charge >= 0.3 is 17.2 Å². The zero-order valence-electron chi connectivity index (χ0n) is 20.7. The van der Waals surface area contributed by atoms with Crippen molar-refractivity contribution in [2.45, 2.75) is 51.4 Å². The average molecular weight is 510 g/mol. The van der Waals surface area contributed by atoms with Gasteiger partial charge < -0.3 is 9.47 Å². The fourth-order valence-electron chi connectivity index (χ4n) is 4.28. The summed E-state index contributed by atoms with van der Waals surface area (Å²) in [6.45, 7) is 4.93. The maximum atomic E-state index is 13.4. The van der Waals surface area contributed by atoms with Crippen LogP contribution in [0.5, 0.6) is 11.5 Å². The lowest BCUT2D eigenvalue weighted by atomic mass is 10.0. The van der Waals surface area contributed by atoms with Gasteiger partial charge in [0.05, 0.1) is 18.4 Å². The first kappa shape index (κ1) is 25.4.